The van der Waals surface area contributed by atoms with E-state index in [0.717, 1.165) is 38.9 Å². The monoisotopic (exact) mass is 383 g/mol. The Morgan fingerprint density at radius 2 is 2.14 bits per heavy atom. The molecule has 150 valence electrons. The molecular weight excluding hydrogens is 354 g/mol. The first kappa shape index (κ1) is 19.0. The number of piperidine rings is 1. The van der Waals surface area contributed by atoms with Gasteiger partial charge in [0.25, 0.3) is 5.91 Å². The minimum Gasteiger partial charge on any atom is -0.337 e. The Bertz CT molecular complexity index is 778. The third-order valence-electron chi connectivity index (χ3n) is 5.85. The predicted octanol–water partition coefficient (Wildman–Crippen LogP) is 0.424. The Hall–Kier alpha value is -2.29. The van der Waals surface area contributed by atoms with Crippen molar-refractivity contribution in [2.24, 2.45) is 17.6 Å². The summed E-state index contributed by atoms with van der Waals surface area (Å²) in [6.07, 6.45) is 4.90. The van der Waals surface area contributed by atoms with Crippen molar-refractivity contribution in [3.63, 3.8) is 0 Å². The average molecular weight is 384 g/mol. The summed E-state index contributed by atoms with van der Waals surface area (Å²) < 4.78 is 1.63. The van der Waals surface area contributed by atoms with E-state index in [4.69, 9.17) is 5.73 Å². The van der Waals surface area contributed by atoms with Crippen LogP contribution < -0.4 is 16.6 Å². The van der Waals surface area contributed by atoms with Crippen LogP contribution in [0.5, 0.6) is 0 Å². The molecule has 2 aliphatic heterocycles. The van der Waals surface area contributed by atoms with Gasteiger partial charge in [-0.25, -0.2) is 0 Å². The first-order chi connectivity index (χ1) is 13.7. The molecule has 2 aromatic rings. The van der Waals surface area contributed by atoms with Crippen molar-refractivity contribution < 1.29 is 4.79 Å². The van der Waals surface area contributed by atoms with Crippen LogP contribution in [0.3, 0.4) is 0 Å². The van der Waals surface area contributed by atoms with E-state index in [9.17, 15) is 4.79 Å². The quantitative estimate of drug-likeness (QED) is 0.669. The zero-order chi connectivity index (χ0) is 19.3. The Balaban J connectivity index is 1.40. The summed E-state index contributed by atoms with van der Waals surface area (Å²) in [6.45, 7) is 3.54. The number of aromatic nitrogens is 3. The maximum Gasteiger partial charge on any atom is 0.276 e. The van der Waals surface area contributed by atoms with Crippen molar-refractivity contribution in [2.75, 3.05) is 26.2 Å². The van der Waals surface area contributed by atoms with Crippen LogP contribution >= 0.6 is 0 Å². The maximum absolute atomic E-state index is 12.9. The van der Waals surface area contributed by atoms with Gasteiger partial charge in [0.15, 0.2) is 5.69 Å². The van der Waals surface area contributed by atoms with Crippen LogP contribution in [0.2, 0.25) is 0 Å². The van der Waals surface area contributed by atoms with Gasteiger partial charge in [0.2, 0.25) is 0 Å². The van der Waals surface area contributed by atoms with E-state index < -0.39 is 0 Å². The summed E-state index contributed by atoms with van der Waals surface area (Å²) >= 11 is 0. The lowest BCUT2D eigenvalue weighted by molar-refractivity contribution is 0.0629. The molecule has 2 saturated heterocycles. The zero-order valence-corrected chi connectivity index (χ0v) is 16.1. The lowest BCUT2D eigenvalue weighted by Crippen LogP contribution is -2.49. The van der Waals surface area contributed by atoms with Gasteiger partial charge >= 0.3 is 0 Å². The highest BCUT2D eigenvalue weighted by Crippen LogP contribution is 2.28. The molecule has 28 heavy (non-hydrogen) atoms. The van der Waals surface area contributed by atoms with Crippen molar-refractivity contribution in [3.05, 3.63) is 47.8 Å². The summed E-state index contributed by atoms with van der Waals surface area (Å²) in [5.74, 6) is 0.923. The van der Waals surface area contributed by atoms with Crippen molar-refractivity contribution in [2.45, 2.75) is 31.8 Å². The highest BCUT2D eigenvalue weighted by molar-refractivity contribution is 5.92. The number of carbonyl (C=O) groups is 1. The number of likely N-dealkylation sites (tertiary alicyclic amines) is 1. The average Bonchev–Trinajstić information content (AvgIpc) is 3.38. The smallest absolute Gasteiger partial charge is 0.276 e. The summed E-state index contributed by atoms with van der Waals surface area (Å²) in [5.41, 5.74) is 14.1. The van der Waals surface area contributed by atoms with Crippen LogP contribution in [0.25, 0.3) is 0 Å². The van der Waals surface area contributed by atoms with Crippen LogP contribution in [0, 0.1) is 11.8 Å². The van der Waals surface area contributed by atoms with Gasteiger partial charge in [-0.15, -0.1) is 5.10 Å². The van der Waals surface area contributed by atoms with Crippen molar-refractivity contribution in [1.82, 2.24) is 30.7 Å². The number of nitrogens with two attached hydrogens (primary N) is 1. The van der Waals surface area contributed by atoms with E-state index in [-0.39, 0.29) is 5.91 Å². The van der Waals surface area contributed by atoms with Gasteiger partial charge in [0.1, 0.15) is 0 Å². The topological polar surface area (TPSA) is 101 Å². The van der Waals surface area contributed by atoms with Crippen LogP contribution in [0.1, 0.15) is 28.9 Å². The second kappa shape index (κ2) is 8.81. The van der Waals surface area contributed by atoms with E-state index >= 15 is 0 Å². The molecule has 0 saturated carbocycles. The summed E-state index contributed by atoms with van der Waals surface area (Å²) in [5, 5.41) is 8.04. The molecule has 0 bridgehead atoms. The number of hydrogen-bond donors (Lipinski definition) is 3. The Morgan fingerprint density at radius 3 is 2.96 bits per heavy atom. The number of carbonyl (C=O) groups excluding carboxylic acids is 1. The molecule has 1 aromatic heterocycles. The van der Waals surface area contributed by atoms with Gasteiger partial charge < -0.3 is 10.6 Å². The van der Waals surface area contributed by atoms with Crippen LogP contribution in [0.4, 0.5) is 0 Å². The fourth-order valence-corrected chi connectivity index (χ4v) is 4.46. The molecule has 3 heterocycles. The minimum atomic E-state index is -0.0291. The highest BCUT2D eigenvalue weighted by Gasteiger charge is 2.37. The summed E-state index contributed by atoms with van der Waals surface area (Å²) in [6, 6.07) is 11.0. The van der Waals surface area contributed by atoms with Crippen molar-refractivity contribution in [3.8, 4) is 0 Å². The molecule has 0 radical (unpaired) electrons. The van der Waals surface area contributed by atoms with Gasteiger partial charge in [-0.2, -0.15) is 0 Å². The standard InChI is InChI=1S/C20H29N7O/c21-8-10-27-14-18(23-25-27)20(28)26-9-4-7-16(13-26)19-17(12-22-24-19)11-15-5-2-1-3-6-15/h1-3,5-6,14,16-17,19,22,24H,4,7-13,21H2. The fourth-order valence-electron chi connectivity index (χ4n) is 4.46. The first-order valence-corrected chi connectivity index (χ1v) is 10.2. The summed E-state index contributed by atoms with van der Waals surface area (Å²) in [7, 11) is 0. The van der Waals surface area contributed by atoms with E-state index in [0.29, 0.717) is 36.7 Å². The van der Waals surface area contributed by atoms with E-state index in [1.54, 1.807) is 10.9 Å². The number of hydrazine groups is 1. The molecule has 4 rings (SSSR count). The second-order valence-electron chi connectivity index (χ2n) is 7.81. The molecule has 0 aliphatic carbocycles. The lowest BCUT2D eigenvalue weighted by Gasteiger charge is -2.37. The number of benzene rings is 1. The van der Waals surface area contributed by atoms with Gasteiger partial charge in [0.05, 0.1) is 12.7 Å². The van der Waals surface area contributed by atoms with Crippen molar-refractivity contribution in [1.29, 1.82) is 0 Å². The minimum absolute atomic E-state index is 0.0291. The Kier molecular flexibility index (Phi) is 5.99. The molecule has 2 fully saturated rings. The molecule has 4 N–H and O–H groups in total. The first-order valence-electron chi connectivity index (χ1n) is 10.2. The number of hydrogen-bond acceptors (Lipinski definition) is 6. The molecule has 2 aliphatic rings. The summed E-state index contributed by atoms with van der Waals surface area (Å²) in [4.78, 5) is 14.8. The van der Waals surface area contributed by atoms with Crippen LogP contribution in [-0.2, 0) is 13.0 Å². The normalized spacial score (nSPS) is 25.2. The Morgan fingerprint density at radius 1 is 1.29 bits per heavy atom. The number of nitrogens with one attached hydrogen (secondary N) is 2. The molecule has 1 aromatic carbocycles. The molecule has 8 nitrogen and oxygen atoms in total. The third kappa shape index (κ3) is 4.24. The molecule has 3 unspecified atom stereocenters. The molecule has 3 atom stereocenters. The van der Waals surface area contributed by atoms with Gasteiger partial charge in [0, 0.05) is 32.2 Å². The molecule has 8 heteroatoms. The number of nitrogens with zero attached hydrogens (tertiary/aromatic N) is 4. The van der Waals surface area contributed by atoms with Crippen molar-refractivity contribution >= 4 is 5.91 Å². The largest absolute Gasteiger partial charge is 0.337 e. The van der Waals surface area contributed by atoms with Crippen LogP contribution in [-0.4, -0.2) is 58.0 Å². The second-order valence-corrected chi connectivity index (χ2v) is 7.81. The van der Waals surface area contributed by atoms with Gasteiger partial charge in [-0.3, -0.25) is 20.3 Å². The molecular formula is C20H29N7O. The van der Waals surface area contributed by atoms with Gasteiger partial charge in [-0.05, 0) is 36.7 Å². The van der Waals surface area contributed by atoms with E-state index in [1.165, 1.54) is 5.56 Å². The van der Waals surface area contributed by atoms with Crippen LogP contribution in [0.15, 0.2) is 36.5 Å². The maximum atomic E-state index is 12.9. The zero-order valence-electron chi connectivity index (χ0n) is 16.1. The molecule has 1 amide bonds. The number of rotatable bonds is 6. The third-order valence-corrected chi connectivity index (χ3v) is 5.85. The lowest BCUT2D eigenvalue weighted by atomic mass is 9.81. The SMILES string of the molecule is NCCn1cc(C(=O)N2CCCC(C3NNCC3Cc3ccccc3)C2)nn1. The Labute approximate surface area is 165 Å². The highest BCUT2D eigenvalue weighted by atomic mass is 16.2. The predicted molar refractivity (Wildman–Crippen MR) is 106 cm³/mol. The van der Waals surface area contributed by atoms with Gasteiger partial charge in [-0.1, -0.05) is 35.5 Å². The van der Waals surface area contributed by atoms with E-state index in [2.05, 4.69) is 51.5 Å². The number of amides is 1. The fraction of sp³-hybridized carbons (Fsp3) is 0.550. The van der Waals surface area contributed by atoms with E-state index in [1.807, 2.05) is 4.90 Å². The molecule has 0 spiro atoms.